The van der Waals surface area contributed by atoms with Crippen LogP contribution in [0, 0.1) is 0 Å². The summed E-state index contributed by atoms with van der Waals surface area (Å²) in [6, 6.07) is 5.64. The molecule has 0 amide bonds. The van der Waals surface area contributed by atoms with Crippen molar-refractivity contribution < 1.29 is 5.11 Å². The minimum atomic E-state index is -0.805. The highest BCUT2D eigenvalue weighted by molar-refractivity contribution is 9.10. The van der Waals surface area contributed by atoms with Crippen LogP contribution in [-0.4, -0.2) is 18.2 Å². The van der Waals surface area contributed by atoms with E-state index in [1.165, 1.54) is 0 Å². The number of hydrogen-bond donors (Lipinski definition) is 2. The third-order valence-corrected chi connectivity index (χ3v) is 3.88. The third kappa shape index (κ3) is 1.70. The van der Waals surface area contributed by atoms with Gasteiger partial charge >= 0.3 is 0 Å². The van der Waals surface area contributed by atoms with Crippen LogP contribution in [0.5, 0.6) is 0 Å². The molecule has 0 saturated carbocycles. The number of hydrogen-bond acceptors (Lipinski definition) is 2. The number of rotatable bonds is 1. The van der Waals surface area contributed by atoms with Crippen molar-refractivity contribution in [2.75, 3.05) is 13.1 Å². The van der Waals surface area contributed by atoms with Crippen molar-refractivity contribution >= 4 is 27.5 Å². The lowest BCUT2D eigenvalue weighted by Gasteiger charge is -2.23. The molecule has 14 heavy (non-hydrogen) atoms. The maximum Gasteiger partial charge on any atom is 0.105 e. The molecule has 0 aromatic heterocycles. The Morgan fingerprint density at radius 2 is 2.29 bits per heavy atom. The highest BCUT2D eigenvalue weighted by Crippen LogP contribution is 2.36. The van der Waals surface area contributed by atoms with Crippen molar-refractivity contribution in [1.29, 1.82) is 0 Å². The molecular weight excluding hydrogens is 265 g/mol. The number of aliphatic hydroxyl groups is 1. The van der Waals surface area contributed by atoms with Crippen LogP contribution in [0.2, 0.25) is 5.02 Å². The molecule has 1 aliphatic heterocycles. The molecule has 2 rings (SSSR count). The van der Waals surface area contributed by atoms with Gasteiger partial charge in [0.2, 0.25) is 0 Å². The maximum atomic E-state index is 10.3. The average molecular weight is 277 g/mol. The van der Waals surface area contributed by atoms with E-state index in [-0.39, 0.29) is 0 Å². The summed E-state index contributed by atoms with van der Waals surface area (Å²) in [7, 11) is 0. The van der Waals surface area contributed by atoms with Gasteiger partial charge in [-0.25, -0.2) is 0 Å². The van der Waals surface area contributed by atoms with Crippen LogP contribution >= 0.6 is 27.5 Å². The van der Waals surface area contributed by atoms with Gasteiger partial charge < -0.3 is 10.4 Å². The lowest BCUT2D eigenvalue weighted by molar-refractivity contribution is 0.0588. The molecule has 1 fully saturated rings. The van der Waals surface area contributed by atoms with E-state index in [0.29, 0.717) is 18.0 Å². The van der Waals surface area contributed by atoms with Gasteiger partial charge in [-0.15, -0.1) is 0 Å². The van der Waals surface area contributed by atoms with Crippen LogP contribution < -0.4 is 5.32 Å². The van der Waals surface area contributed by atoms with E-state index in [2.05, 4.69) is 21.2 Å². The van der Waals surface area contributed by atoms with Gasteiger partial charge in [-0.3, -0.25) is 0 Å². The number of β-amino-alcohol motifs (C(OH)–C–C–N with tert-alkyl or cyclic N) is 1. The van der Waals surface area contributed by atoms with Gasteiger partial charge in [0.05, 0.1) is 5.02 Å². The van der Waals surface area contributed by atoms with Crippen LogP contribution in [0.4, 0.5) is 0 Å². The number of halogens is 2. The average Bonchev–Trinajstić information content (AvgIpc) is 2.58. The van der Waals surface area contributed by atoms with Crippen molar-refractivity contribution in [2.24, 2.45) is 0 Å². The van der Waals surface area contributed by atoms with Gasteiger partial charge in [0, 0.05) is 16.6 Å². The van der Waals surface area contributed by atoms with E-state index in [4.69, 9.17) is 11.6 Å². The second-order valence-corrected chi connectivity index (χ2v) is 4.79. The molecule has 2 nitrogen and oxygen atoms in total. The molecule has 0 radical (unpaired) electrons. The van der Waals surface area contributed by atoms with Crippen LogP contribution in [0.3, 0.4) is 0 Å². The first kappa shape index (κ1) is 10.4. The molecule has 0 spiro atoms. The summed E-state index contributed by atoms with van der Waals surface area (Å²) >= 11 is 9.48. The lowest BCUT2D eigenvalue weighted by Crippen LogP contribution is -2.28. The first-order chi connectivity index (χ1) is 6.63. The van der Waals surface area contributed by atoms with E-state index in [1.807, 2.05) is 18.2 Å². The van der Waals surface area contributed by atoms with E-state index < -0.39 is 5.60 Å². The predicted octanol–water partition coefficient (Wildman–Crippen LogP) is 2.28. The third-order valence-electron chi connectivity index (χ3n) is 2.59. The number of benzene rings is 1. The Balaban J connectivity index is 2.45. The molecule has 1 atom stereocenters. The van der Waals surface area contributed by atoms with E-state index >= 15 is 0 Å². The molecule has 1 aromatic rings. The molecule has 76 valence electrons. The molecule has 4 heteroatoms. The normalized spacial score (nSPS) is 26.8. The smallest absolute Gasteiger partial charge is 0.105 e. The minimum absolute atomic E-state index is 0.573. The van der Waals surface area contributed by atoms with Gasteiger partial charge in [-0.05, 0) is 35.0 Å². The fraction of sp³-hybridized carbons (Fsp3) is 0.400. The van der Waals surface area contributed by atoms with Crippen molar-refractivity contribution in [3.63, 3.8) is 0 Å². The zero-order valence-electron chi connectivity index (χ0n) is 7.56. The van der Waals surface area contributed by atoms with Crippen LogP contribution in [0.15, 0.2) is 22.7 Å². The van der Waals surface area contributed by atoms with Crippen molar-refractivity contribution in [3.05, 3.63) is 33.3 Å². The Hall–Kier alpha value is -0.0900. The van der Waals surface area contributed by atoms with Crippen LogP contribution in [0.1, 0.15) is 12.0 Å². The zero-order chi connectivity index (χ0) is 10.2. The molecule has 2 N–H and O–H groups in total. The Morgan fingerprint density at radius 1 is 1.50 bits per heavy atom. The van der Waals surface area contributed by atoms with Gasteiger partial charge in [0.25, 0.3) is 0 Å². The van der Waals surface area contributed by atoms with Crippen molar-refractivity contribution in [2.45, 2.75) is 12.0 Å². The second-order valence-electron chi connectivity index (χ2n) is 3.56. The largest absolute Gasteiger partial charge is 0.384 e. The Labute approximate surface area is 96.4 Å². The first-order valence-corrected chi connectivity index (χ1v) is 5.68. The van der Waals surface area contributed by atoms with Gasteiger partial charge in [-0.1, -0.05) is 23.7 Å². The second kappa shape index (κ2) is 3.81. The van der Waals surface area contributed by atoms with Crippen molar-refractivity contribution in [1.82, 2.24) is 5.32 Å². The molecule has 0 aliphatic carbocycles. The maximum absolute atomic E-state index is 10.3. The fourth-order valence-corrected chi connectivity index (χ4v) is 2.44. The van der Waals surface area contributed by atoms with Gasteiger partial charge in [-0.2, -0.15) is 0 Å². The SMILES string of the molecule is OC1(c2cccc(Br)c2Cl)CCNC1. The molecule has 1 heterocycles. The number of nitrogens with one attached hydrogen (secondary N) is 1. The van der Waals surface area contributed by atoms with Crippen LogP contribution in [-0.2, 0) is 5.60 Å². The summed E-state index contributed by atoms with van der Waals surface area (Å²) in [4.78, 5) is 0. The molecule has 1 aromatic carbocycles. The van der Waals surface area contributed by atoms with Crippen molar-refractivity contribution in [3.8, 4) is 0 Å². The van der Waals surface area contributed by atoms with Gasteiger partial charge in [0.15, 0.2) is 0 Å². The summed E-state index contributed by atoms with van der Waals surface area (Å²) in [5.41, 5.74) is -0.000494. The topological polar surface area (TPSA) is 32.3 Å². The monoisotopic (exact) mass is 275 g/mol. The predicted molar refractivity (Wildman–Crippen MR) is 60.5 cm³/mol. The quantitative estimate of drug-likeness (QED) is 0.825. The Kier molecular flexibility index (Phi) is 2.84. The van der Waals surface area contributed by atoms with Gasteiger partial charge in [0.1, 0.15) is 5.60 Å². The van der Waals surface area contributed by atoms with E-state index in [1.54, 1.807) is 0 Å². The Morgan fingerprint density at radius 3 is 2.93 bits per heavy atom. The molecule has 1 unspecified atom stereocenters. The highest BCUT2D eigenvalue weighted by atomic mass is 79.9. The summed E-state index contributed by atoms with van der Waals surface area (Å²) < 4.78 is 0.831. The Bertz CT molecular complexity index is 350. The molecule has 1 saturated heterocycles. The fourth-order valence-electron chi connectivity index (χ4n) is 1.77. The summed E-state index contributed by atoms with van der Waals surface area (Å²) in [6.07, 6.45) is 0.711. The summed E-state index contributed by atoms with van der Waals surface area (Å²) in [5.74, 6) is 0. The summed E-state index contributed by atoms with van der Waals surface area (Å²) in [5, 5.41) is 14.0. The van der Waals surface area contributed by atoms with E-state index in [9.17, 15) is 5.11 Å². The van der Waals surface area contributed by atoms with Crippen LogP contribution in [0.25, 0.3) is 0 Å². The zero-order valence-corrected chi connectivity index (χ0v) is 9.90. The minimum Gasteiger partial charge on any atom is -0.384 e. The molecule has 1 aliphatic rings. The highest BCUT2D eigenvalue weighted by Gasteiger charge is 2.34. The molecular formula is C10H11BrClNO. The standard InChI is InChI=1S/C10H11BrClNO/c11-8-3-1-2-7(9(8)12)10(14)4-5-13-6-10/h1-3,13-14H,4-6H2. The first-order valence-electron chi connectivity index (χ1n) is 4.51. The summed E-state index contributed by atoms with van der Waals surface area (Å²) in [6.45, 7) is 1.41. The van der Waals surface area contributed by atoms with E-state index in [0.717, 1.165) is 16.6 Å². The molecule has 0 bridgehead atoms. The lowest BCUT2D eigenvalue weighted by atomic mass is 9.93.